The third-order valence-corrected chi connectivity index (χ3v) is 16.4. The van der Waals surface area contributed by atoms with Crippen molar-refractivity contribution in [3.8, 4) is 5.75 Å². The average Bonchev–Trinajstić information content (AvgIpc) is 1.82. The topological polar surface area (TPSA) is 346 Å². The molecule has 4 heterocycles. The number of nitrogens with one attached hydrogen (secondary N) is 5. The number of hydrogen-bond acceptors (Lipinski definition) is 17. The van der Waals surface area contributed by atoms with Crippen LogP contribution in [0.15, 0.2) is 72.4 Å². The lowest BCUT2D eigenvalue weighted by molar-refractivity contribution is -0.158. The average molecular weight is 1250 g/mol. The van der Waals surface area contributed by atoms with Crippen molar-refractivity contribution in [3.63, 3.8) is 0 Å². The fraction of sp³-hybridized carbons (Fsp3) is 0.541. The first kappa shape index (κ1) is 69.0. The van der Waals surface area contributed by atoms with Gasteiger partial charge in [0.1, 0.15) is 59.4 Å². The number of allylic oxidation sites excluding steroid dienone is 3. The number of anilines is 2. The number of primary amides is 1. The number of alkyl carbamates (subject to hydrolysis) is 1. The molecular formula is C61H82ClN9O17. The molecule has 6 rings (SSSR count). The molecule has 4 aliphatic heterocycles. The maximum absolute atomic E-state index is 14.4. The number of rotatable bonds is 23. The van der Waals surface area contributed by atoms with Crippen LogP contribution >= 0.6 is 11.6 Å². The van der Waals surface area contributed by atoms with E-state index in [9.17, 15) is 53.1 Å². The monoisotopic (exact) mass is 1250 g/mol. The van der Waals surface area contributed by atoms with Crippen molar-refractivity contribution in [1.82, 2.24) is 31.1 Å². The molecule has 2 aromatic carbocycles. The summed E-state index contributed by atoms with van der Waals surface area (Å²) in [6.45, 7) is 10.2. The number of likely N-dealkylation sites (N-methyl/N-ethyl adjacent to an activating group) is 1. The van der Waals surface area contributed by atoms with E-state index in [1.54, 1.807) is 76.2 Å². The van der Waals surface area contributed by atoms with Crippen LogP contribution in [-0.4, -0.2) is 170 Å². The molecule has 480 valence electrons. The van der Waals surface area contributed by atoms with Crippen molar-refractivity contribution >= 4 is 82.6 Å². The number of imide groups is 1. The van der Waals surface area contributed by atoms with Crippen LogP contribution in [-0.2, 0) is 70.3 Å². The van der Waals surface area contributed by atoms with Crippen molar-refractivity contribution in [2.45, 2.75) is 160 Å². The minimum atomic E-state index is -1.91. The van der Waals surface area contributed by atoms with Crippen molar-refractivity contribution in [3.05, 3.63) is 88.5 Å². The molecule has 0 saturated carbocycles. The van der Waals surface area contributed by atoms with E-state index >= 15 is 0 Å². The third-order valence-electron chi connectivity index (χ3n) is 16.1. The number of epoxide rings is 1. The molecule has 10 amide bonds. The summed E-state index contributed by atoms with van der Waals surface area (Å²) in [6, 6.07) is 5.55. The Morgan fingerprint density at radius 1 is 0.966 bits per heavy atom. The van der Waals surface area contributed by atoms with Crippen LogP contribution in [0.25, 0.3) is 0 Å². The number of fused-ring (bicyclic) bond motifs is 5. The molecule has 2 saturated heterocycles. The quantitative estimate of drug-likeness (QED) is 0.0258. The number of carbonyl (C=O) groups excluding carboxylic acids is 10. The summed E-state index contributed by atoms with van der Waals surface area (Å²) in [4.78, 5) is 134. The number of ether oxygens (including phenoxy) is 6. The molecular weight excluding hydrogens is 1170 g/mol. The highest BCUT2D eigenvalue weighted by atomic mass is 35.5. The summed E-state index contributed by atoms with van der Waals surface area (Å²) < 4.78 is 35.0. The molecule has 4 aliphatic rings. The first-order chi connectivity index (χ1) is 41.6. The second-order valence-corrected chi connectivity index (χ2v) is 23.4. The molecule has 0 spiro atoms. The fourth-order valence-corrected chi connectivity index (χ4v) is 10.8. The minimum absolute atomic E-state index is 0.0698. The van der Waals surface area contributed by atoms with Gasteiger partial charge in [0.2, 0.25) is 23.6 Å². The van der Waals surface area contributed by atoms with E-state index in [0.717, 1.165) is 20.9 Å². The molecule has 27 heteroatoms. The predicted octanol–water partition coefficient (Wildman–Crippen LogP) is 4.82. The third kappa shape index (κ3) is 18.0. The van der Waals surface area contributed by atoms with Gasteiger partial charge in [-0.1, -0.05) is 74.7 Å². The van der Waals surface area contributed by atoms with Crippen molar-refractivity contribution < 1.29 is 81.5 Å². The smallest absolute Gasteiger partial charge is 0.410 e. The first-order valence-electron chi connectivity index (χ1n) is 29.1. The zero-order chi connectivity index (χ0) is 64.8. The number of benzene rings is 2. The molecule has 26 nitrogen and oxygen atoms in total. The largest absolute Gasteiger partial charge is 0.495 e. The van der Waals surface area contributed by atoms with Crippen LogP contribution in [0.3, 0.4) is 0 Å². The highest BCUT2D eigenvalue weighted by molar-refractivity contribution is 6.35. The lowest BCUT2D eigenvalue weighted by Crippen LogP contribution is -2.63. The number of methoxy groups -OCH3 is 2. The maximum Gasteiger partial charge on any atom is 0.410 e. The SMILES string of the molecule is COc1cc2cc(c1Cl)N(C)C(=O)CC(OC(=O)[C@H](C)N(C)C(=O)OCc1ccc(NC(=O)[C@H](CCCNC(N)=O)NC(=O)[C@@H](NC(=O)CCCCCN3C(=O)C=CC3=O)C(C)C)cc1)[C@]1(C)O[C@H]1[C@H](C)[C@@H]1C[C@@](O)(NC(=O)O1)[C@H](OC)C=C/C=C(/C)C2. The van der Waals surface area contributed by atoms with Gasteiger partial charge in [0.15, 0.2) is 5.72 Å². The molecule has 8 N–H and O–H groups in total. The Hall–Kier alpha value is -8.07. The number of unbranched alkanes of at least 4 members (excludes halogenated alkanes) is 2. The maximum atomic E-state index is 14.4. The van der Waals surface area contributed by atoms with E-state index in [1.165, 1.54) is 52.3 Å². The summed E-state index contributed by atoms with van der Waals surface area (Å²) in [5.74, 6) is -4.54. The summed E-state index contributed by atoms with van der Waals surface area (Å²) in [5.41, 5.74) is 4.68. The van der Waals surface area contributed by atoms with E-state index in [4.69, 9.17) is 45.8 Å². The number of esters is 1. The van der Waals surface area contributed by atoms with Crippen LogP contribution in [0.4, 0.5) is 25.8 Å². The predicted molar refractivity (Wildman–Crippen MR) is 321 cm³/mol. The highest BCUT2D eigenvalue weighted by Crippen LogP contribution is 2.49. The molecule has 10 atom stereocenters. The Labute approximate surface area is 516 Å². The molecule has 4 bridgehead atoms. The van der Waals surface area contributed by atoms with Gasteiger partial charge < -0.3 is 65.4 Å². The van der Waals surface area contributed by atoms with Crippen LogP contribution in [0.1, 0.15) is 104 Å². The molecule has 0 radical (unpaired) electrons. The van der Waals surface area contributed by atoms with Crippen molar-refractivity contribution in [1.29, 1.82) is 0 Å². The summed E-state index contributed by atoms with van der Waals surface area (Å²) >= 11 is 6.83. The highest BCUT2D eigenvalue weighted by Gasteiger charge is 2.64. The zero-order valence-corrected chi connectivity index (χ0v) is 52.1. The molecule has 0 aliphatic carbocycles. The minimum Gasteiger partial charge on any atom is -0.495 e. The Bertz CT molecular complexity index is 3010. The van der Waals surface area contributed by atoms with Gasteiger partial charge in [-0.25, -0.2) is 19.2 Å². The van der Waals surface area contributed by atoms with E-state index in [-0.39, 0.29) is 68.1 Å². The van der Waals surface area contributed by atoms with Crippen LogP contribution in [0.2, 0.25) is 5.02 Å². The van der Waals surface area contributed by atoms with E-state index in [1.807, 2.05) is 13.0 Å². The summed E-state index contributed by atoms with van der Waals surface area (Å²) in [5, 5.41) is 25.3. The molecule has 88 heavy (non-hydrogen) atoms. The normalized spacial score (nSPS) is 24.3. The lowest BCUT2D eigenvalue weighted by atomic mass is 9.83. The molecule has 1 unspecified atom stereocenters. The van der Waals surface area contributed by atoms with Gasteiger partial charge in [0.05, 0.1) is 25.3 Å². The van der Waals surface area contributed by atoms with Gasteiger partial charge in [0.25, 0.3) is 11.8 Å². The van der Waals surface area contributed by atoms with Gasteiger partial charge in [-0.15, -0.1) is 0 Å². The Morgan fingerprint density at radius 2 is 1.66 bits per heavy atom. The van der Waals surface area contributed by atoms with Gasteiger partial charge >= 0.3 is 24.2 Å². The second kappa shape index (κ2) is 30.7. The van der Waals surface area contributed by atoms with Gasteiger partial charge in [-0.2, -0.15) is 0 Å². The Morgan fingerprint density at radius 3 is 2.31 bits per heavy atom. The Kier molecular flexibility index (Phi) is 24.1. The van der Waals surface area contributed by atoms with Crippen LogP contribution in [0, 0.1) is 11.8 Å². The number of hydrogen-bond donors (Lipinski definition) is 7. The van der Waals surface area contributed by atoms with Crippen molar-refractivity contribution in [2.75, 3.05) is 51.6 Å². The summed E-state index contributed by atoms with van der Waals surface area (Å²) in [6.07, 6.45) is 3.41. The first-order valence-corrected chi connectivity index (χ1v) is 29.5. The molecule has 0 aromatic heterocycles. The van der Waals surface area contributed by atoms with Gasteiger partial charge in [-0.3, -0.25) is 43.9 Å². The van der Waals surface area contributed by atoms with E-state index in [2.05, 4.69) is 26.6 Å². The van der Waals surface area contributed by atoms with Crippen LogP contribution < -0.4 is 42.0 Å². The van der Waals surface area contributed by atoms with Gasteiger partial charge in [0, 0.05) is 70.9 Å². The number of urea groups is 1. The standard InChI is InChI=1S/C61H82ClN9O17/c1-34(2)52(67-47(72)19-12-11-13-27-71-48(73)24-25-49(71)74)55(77)66-41(17-15-26-64-57(63)79)54(76)65-40-22-20-38(21-23-40)33-85-59(81)69(7)37(5)56(78)87-46-31-50(75)70(8)42-29-39(30-43(83-9)51(42)62)28-35(3)16-14-18-45(84-10)61(82)32-44(86-58(80)68-61)36(4)53-60(46,6)88-53/h14,16,18,20-25,29-30,34,36-37,41,44-46,52-53,82H,11-13,15,17,19,26-28,31-33H2,1-10H3,(H,65,76)(H,66,77)(H,67,72)(H,68,80)(H3,63,64,79)/b18-14?,35-16-/t36-,37+,41+,44+,45-,46?,52+,53+,60+,61+/m1/s1. The lowest BCUT2D eigenvalue weighted by Gasteiger charge is -2.42. The number of amides is 10. The number of carbonyl (C=O) groups is 10. The van der Waals surface area contributed by atoms with E-state index in [0.29, 0.717) is 48.4 Å². The fourth-order valence-electron chi connectivity index (χ4n) is 10.5. The number of halogens is 1. The zero-order valence-electron chi connectivity index (χ0n) is 51.3. The number of nitrogens with two attached hydrogens (primary N) is 1. The second-order valence-electron chi connectivity index (χ2n) is 23.0. The van der Waals surface area contributed by atoms with Gasteiger partial charge in [-0.05, 0) is 94.2 Å². The summed E-state index contributed by atoms with van der Waals surface area (Å²) in [7, 11) is 5.70. The number of nitrogens with zero attached hydrogens (tertiary/aromatic N) is 3. The molecule has 2 aromatic rings. The molecule has 2 fully saturated rings. The Balaban J connectivity index is 1.09. The van der Waals surface area contributed by atoms with Crippen molar-refractivity contribution in [2.24, 2.45) is 17.6 Å². The van der Waals surface area contributed by atoms with Crippen LogP contribution in [0.5, 0.6) is 5.75 Å². The van der Waals surface area contributed by atoms with E-state index < -0.39 is 114 Å². The number of aliphatic hydroxyl groups is 1.